The fraction of sp³-hybridized carbons (Fsp3) is 0.955. The van der Waals surface area contributed by atoms with Crippen molar-refractivity contribution in [2.45, 2.75) is 77.9 Å². The van der Waals surface area contributed by atoms with Crippen molar-refractivity contribution in [1.82, 2.24) is 0 Å². The van der Waals surface area contributed by atoms with Gasteiger partial charge in [0, 0.05) is 24.7 Å². The molecule has 25 heavy (non-hydrogen) atoms. The molecule has 4 saturated carbocycles. The Morgan fingerprint density at radius 3 is 2.48 bits per heavy atom. The van der Waals surface area contributed by atoms with Gasteiger partial charge < -0.3 is 9.47 Å². The van der Waals surface area contributed by atoms with Gasteiger partial charge in [0.25, 0.3) is 0 Å². The number of ketones is 1. The standard InChI is InChI=1S/C22H34O3/c1-14-12-22(24-10-11-25-22)13-15-4-5-16-17-6-7-19(23)20(17,2)9-8-18(16)21(14,15)3/h14-18H,4-13H2,1-3H3/t14-,15-,16-,17-,18-,20-,21-/m0/s1. The van der Waals surface area contributed by atoms with Crippen LogP contribution >= 0.6 is 0 Å². The maximum Gasteiger partial charge on any atom is 0.169 e. The van der Waals surface area contributed by atoms with Crippen LogP contribution in [0, 0.1) is 40.4 Å². The second kappa shape index (κ2) is 5.32. The lowest BCUT2D eigenvalue weighted by Gasteiger charge is -2.63. The maximum absolute atomic E-state index is 12.6. The zero-order valence-corrected chi connectivity index (χ0v) is 16.2. The molecule has 0 aromatic rings. The number of Topliss-reactive ketones (excluding diaryl/α,β-unsaturated/α-hetero) is 1. The molecular formula is C22H34O3. The van der Waals surface area contributed by atoms with Gasteiger partial charge in [-0.15, -0.1) is 0 Å². The molecule has 0 N–H and O–H groups in total. The first-order valence-corrected chi connectivity index (χ1v) is 10.7. The summed E-state index contributed by atoms with van der Waals surface area (Å²) in [5.41, 5.74) is 0.400. The highest BCUT2D eigenvalue weighted by molar-refractivity contribution is 5.87. The maximum atomic E-state index is 12.6. The molecule has 4 aliphatic carbocycles. The quantitative estimate of drug-likeness (QED) is 0.644. The van der Waals surface area contributed by atoms with Crippen LogP contribution in [0.5, 0.6) is 0 Å². The number of fused-ring (bicyclic) bond motifs is 5. The van der Waals surface area contributed by atoms with E-state index in [0.29, 0.717) is 23.0 Å². The van der Waals surface area contributed by atoms with Crippen molar-refractivity contribution in [1.29, 1.82) is 0 Å². The summed E-state index contributed by atoms with van der Waals surface area (Å²) in [6, 6.07) is 0. The third-order valence-corrected chi connectivity index (χ3v) is 9.72. The van der Waals surface area contributed by atoms with Gasteiger partial charge in [0.2, 0.25) is 0 Å². The highest BCUT2D eigenvalue weighted by Gasteiger charge is 2.64. The van der Waals surface area contributed by atoms with E-state index in [1.54, 1.807) is 0 Å². The Morgan fingerprint density at radius 1 is 0.960 bits per heavy atom. The van der Waals surface area contributed by atoms with E-state index >= 15 is 0 Å². The van der Waals surface area contributed by atoms with Crippen LogP contribution in [0.4, 0.5) is 0 Å². The molecule has 5 rings (SSSR count). The van der Waals surface area contributed by atoms with Crippen LogP contribution in [-0.4, -0.2) is 24.8 Å². The molecular weight excluding hydrogens is 312 g/mol. The summed E-state index contributed by atoms with van der Waals surface area (Å²) in [6.45, 7) is 8.86. The normalized spacial score (nSPS) is 54.2. The second-order valence-electron chi connectivity index (χ2n) is 10.4. The van der Waals surface area contributed by atoms with Crippen LogP contribution in [0.2, 0.25) is 0 Å². The Kier molecular flexibility index (Phi) is 3.56. The smallest absolute Gasteiger partial charge is 0.169 e. The van der Waals surface area contributed by atoms with Crippen molar-refractivity contribution in [2.24, 2.45) is 40.4 Å². The van der Waals surface area contributed by atoms with Crippen LogP contribution in [0.1, 0.15) is 72.1 Å². The molecule has 0 unspecified atom stereocenters. The van der Waals surface area contributed by atoms with E-state index in [4.69, 9.17) is 9.47 Å². The fourth-order valence-corrected chi connectivity index (χ4v) is 8.21. The Morgan fingerprint density at radius 2 is 1.72 bits per heavy atom. The van der Waals surface area contributed by atoms with Gasteiger partial charge in [-0.3, -0.25) is 4.79 Å². The molecule has 0 aromatic heterocycles. The average Bonchev–Trinajstić information content (AvgIpc) is 3.14. The van der Waals surface area contributed by atoms with Crippen LogP contribution < -0.4 is 0 Å². The molecule has 1 aliphatic heterocycles. The van der Waals surface area contributed by atoms with Crippen molar-refractivity contribution in [3.8, 4) is 0 Å². The van der Waals surface area contributed by atoms with Crippen LogP contribution in [0.15, 0.2) is 0 Å². The summed E-state index contributed by atoms with van der Waals surface area (Å²) >= 11 is 0. The molecule has 5 fully saturated rings. The van der Waals surface area contributed by atoms with Crippen molar-refractivity contribution < 1.29 is 14.3 Å². The van der Waals surface area contributed by atoms with Gasteiger partial charge in [0.15, 0.2) is 5.79 Å². The van der Waals surface area contributed by atoms with E-state index in [2.05, 4.69) is 20.8 Å². The molecule has 0 bridgehead atoms. The van der Waals surface area contributed by atoms with Crippen molar-refractivity contribution in [3.05, 3.63) is 0 Å². The third kappa shape index (κ3) is 2.09. The number of ether oxygens (including phenoxy) is 2. The number of rotatable bonds is 0. The molecule has 3 heteroatoms. The second-order valence-corrected chi connectivity index (χ2v) is 10.4. The minimum absolute atomic E-state index is 0.00116. The molecule has 0 amide bonds. The number of hydrogen-bond acceptors (Lipinski definition) is 3. The first-order valence-electron chi connectivity index (χ1n) is 10.7. The van der Waals surface area contributed by atoms with E-state index in [9.17, 15) is 4.79 Å². The highest BCUT2D eigenvalue weighted by atomic mass is 16.7. The molecule has 1 spiro atoms. The Hall–Kier alpha value is -0.410. The van der Waals surface area contributed by atoms with Crippen LogP contribution in [-0.2, 0) is 14.3 Å². The predicted octanol–water partition coefficient (Wildman–Crippen LogP) is 4.59. The van der Waals surface area contributed by atoms with Gasteiger partial charge in [0.05, 0.1) is 13.2 Å². The van der Waals surface area contributed by atoms with E-state index in [-0.39, 0.29) is 11.2 Å². The van der Waals surface area contributed by atoms with E-state index in [1.165, 1.54) is 19.3 Å². The van der Waals surface area contributed by atoms with Gasteiger partial charge >= 0.3 is 0 Å². The van der Waals surface area contributed by atoms with Crippen LogP contribution in [0.25, 0.3) is 0 Å². The number of carbonyl (C=O) groups is 1. The Bertz CT molecular complexity index is 580. The zero-order valence-electron chi connectivity index (χ0n) is 16.2. The monoisotopic (exact) mass is 346 g/mol. The summed E-state index contributed by atoms with van der Waals surface area (Å²) in [4.78, 5) is 12.6. The lowest BCUT2D eigenvalue weighted by molar-refractivity contribution is -0.247. The summed E-state index contributed by atoms with van der Waals surface area (Å²) in [7, 11) is 0. The first-order chi connectivity index (χ1) is 11.9. The van der Waals surface area contributed by atoms with Gasteiger partial charge in [-0.2, -0.15) is 0 Å². The highest BCUT2D eigenvalue weighted by Crippen LogP contribution is 2.68. The van der Waals surface area contributed by atoms with Gasteiger partial charge in [-0.25, -0.2) is 0 Å². The fourth-order valence-electron chi connectivity index (χ4n) is 8.21. The van der Waals surface area contributed by atoms with Crippen molar-refractivity contribution in [2.75, 3.05) is 13.2 Å². The first kappa shape index (κ1) is 16.7. The summed E-state index contributed by atoms with van der Waals surface area (Å²) in [5.74, 6) is 3.86. The van der Waals surface area contributed by atoms with E-state index in [0.717, 1.165) is 63.1 Å². The third-order valence-electron chi connectivity index (χ3n) is 9.72. The Balaban J connectivity index is 1.46. The molecule has 3 nitrogen and oxygen atoms in total. The van der Waals surface area contributed by atoms with Gasteiger partial charge in [-0.05, 0) is 67.1 Å². The molecule has 0 radical (unpaired) electrons. The average molecular weight is 347 g/mol. The lowest BCUT2D eigenvalue weighted by atomic mass is 9.42. The topological polar surface area (TPSA) is 35.5 Å². The van der Waals surface area contributed by atoms with E-state index in [1.807, 2.05) is 0 Å². The zero-order chi connectivity index (χ0) is 17.4. The Labute approximate surface area is 152 Å². The predicted molar refractivity (Wildman–Crippen MR) is 95.9 cm³/mol. The van der Waals surface area contributed by atoms with Crippen molar-refractivity contribution >= 4 is 5.78 Å². The molecule has 7 atom stereocenters. The minimum Gasteiger partial charge on any atom is -0.348 e. The molecule has 5 aliphatic rings. The summed E-state index contributed by atoms with van der Waals surface area (Å²) < 4.78 is 12.2. The summed E-state index contributed by atoms with van der Waals surface area (Å²) in [6.07, 6.45) is 9.16. The number of hydrogen-bond donors (Lipinski definition) is 0. The van der Waals surface area contributed by atoms with Crippen LogP contribution in [0.3, 0.4) is 0 Å². The summed E-state index contributed by atoms with van der Waals surface area (Å²) in [5, 5.41) is 0. The van der Waals surface area contributed by atoms with E-state index < -0.39 is 0 Å². The largest absolute Gasteiger partial charge is 0.348 e. The molecule has 1 heterocycles. The SMILES string of the molecule is C[C@H]1CC2(C[C@@H]3CC[C@@H]4[C@H](CC[C@]5(C)C(=O)CC[C@@H]45)[C@]31C)OCCO2. The minimum atomic E-state index is -0.275. The lowest BCUT2D eigenvalue weighted by Crippen LogP contribution is -2.59. The number of carbonyl (C=O) groups excluding carboxylic acids is 1. The molecule has 140 valence electrons. The molecule has 0 aromatic carbocycles. The van der Waals surface area contributed by atoms with Gasteiger partial charge in [-0.1, -0.05) is 20.8 Å². The van der Waals surface area contributed by atoms with Crippen molar-refractivity contribution in [3.63, 3.8) is 0 Å². The van der Waals surface area contributed by atoms with Gasteiger partial charge in [0.1, 0.15) is 5.78 Å². The molecule has 1 saturated heterocycles.